The van der Waals surface area contributed by atoms with Gasteiger partial charge in [-0.1, -0.05) is 36.4 Å². The minimum atomic E-state index is -1.17. The van der Waals surface area contributed by atoms with Crippen LogP contribution in [0.25, 0.3) is 21.6 Å². The predicted molar refractivity (Wildman–Crippen MR) is 110 cm³/mol. The smallest absolute Gasteiger partial charge is 0.337 e. The fourth-order valence-corrected chi connectivity index (χ4v) is 4.62. The Hall–Kier alpha value is -2.99. The van der Waals surface area contributed by atoms with Crippen LogP contribution in [0.2, 0.25) is 0 Å². The maximum Gasteiger partial charge on any atom is 0.337 e. The van der Waals surface area contributed by atoms with Gasteiger partial charge in [-0.2, -0.15) is 4.39 Å². The van der Waals surface area contributed by atoms with Gasteiger partial charge < -0.3 is 9.84 Å². The molecule has 0 aliphatic heterocycles. The van der Waals surface area contributed by atoms with E-state index in [9.17, 15) is 19.1 Å². The van der Waals surface area contributed by atoms with Crippen molar-refractivity contribution in [3.8, 4) is 27.3 Å². The van der Waals surface area contributed by atoms with E-state index >= 15 is 0 Å². The van der Waals surface area contributed by atoms with E-state index in [2.05, 4.69) is 0 Å². The molecule has 0 radical (unpaired) electrons. The number of benzene rings is 2. The molecule has 0 amide bonds. The number of ketones is 1. The number of carboxylic acid groups (broad SMARTS) is 1. The Morgan fingerprint density at radius 3 is 2.28 bits per heavy atom. The molecular weight excluding hydrogens is 391 g/mol. The van der Waals surface area contributed by atoms with Crippen LogP contribution in [-0.2, 0) is 10.2 Å². The van der Waals surface area contributed by atoms with Gasteiger partial charge in [-0.05, 0) is 42.5 Å². The van der Waals surface area contributed by atoms with Crippen LogP contribution >= 0.6 is 11.3 Å². The van der Waals surface area contributed by atoms with Crippen molar-refractivity contribution in [2.75, 3.05) is 7.11 Å². The third-order valence-electron chi connectivity index (χ3n) is 5.57. The molecule has 0 atom stereocenters. The SMILES string of the molecule is COc1cc(-c2sc(F)cc2C(=O)O)ccc1-c1ccc(C2(C(C)=O)CC2)cc1. The number of halogens is 1. The van der Waals surface area contributed by atoms with Crippen LogP contribution < -0.4 is 4.74 Å². The molecule has 1 N–H and O–H groups in total. The van der Waals surface area contributed by atoms with Gasteiger partial charge in [0.05, 0.1) is 23.0 Å². The first kappa shape index (κ1) is 19.3. The van der Waals surface area contributed by atoms with Gasteiger partial charge in [0.2, 0.25) is 0 Å². The summed E-state index contributed by atoms with van der Waals surface area (Å²) in [6.45, 7) is 1.64. The maximum absolute atomic E-state index is 13.7. The lowest BCUT2D eigenvalue weighted by Gasteiger charge is -2.14. The summed E-state index contributed by atoms with van der Waals surface area (Å²) in [7, 11) is 1.54. The lowest BCUT2D eigenvalue weighted by atomic mass is 9.90. The van der Waals surface area contributed by atoms with E-state index in [0.29, 0.717) is 16.2 Å². The molecule has 0 saturated heterocycles. The number of ether oxygens (including phenoxy) is 1. The lowest BCUT2D eigenvalue weighted by molar-refractivity contribution is -0.119. The fraction of sp³-hybridized carbons (Fsp3) is 0.217. The van der Waals surface area contributed by atoms with Crippen molar-refractivity contribution < 1.29 is 23.8 Å². The largest absolute Gasteiger partial charge is 0.496 e. The number of Topliss-reactive ketones (excluding diaryl/α,β-unsaturated/α-hetero) is 1. The van der Waals surface area contributed by atoms with Crippen molar-refractivity contribution in [1.82, 2.24) is 0 Å². The minimum absolute atomic E-state index is 0.0642. The van der Waals surface area contributed by atoms with Crippen molar-refractivity contribution in [2.45, 2.75) is 25.2 Å². The molecule has 0 spiro atoms. The Kier molecular flexibility index (Phi) is 4.74. The Bertz CT molecular complexity index is 1110. The molecule has 6 heteroatoms. The fourth-order valence-electron chi connectivity index (χ4n) is 3.74. The quantitative estimate of drug-likeness (QED) is 0.579. The molecular formula is C23H19FO4S. The summed E-state index contributed by atoms with van der Waals surface area (Å²) >= 11 is 0.796. The first-order valence-corrected chi connectivity index (χ1v) is 10.0. The van der Waals surface area contributed by atoms with Crippen LogP contribution in [0.5, 0.6) is 5.75 Å². The lowest BCUT2D eigenvalue weighted by Crippen LogP contribution is -2.16. The highest BCUT2D eigenvalue weighted by Crippen LogP contribution is 2.49. The van der Waals surface area contributed by atoms with E-state index in [-0.39, 0.29) is 16.8 Å². The average Bonchev–Trinajstić information content (AvgIpc) is 3.44. The first-order valence-electron chi connectivity index (χ1n) is 9.19. The third kappa shape index (κ3) is 3.34. The van der Waals surface area contributed by atoms with Gasteiger partial charge in [-0.15, -0.1) is 11.3 Å². The highest BCUT2D eigenvalue weighted by Gasteiger charge is 2.48. The predicted octanol–water partition coefficient (Wildman–Crippen LogP) is 5.55. The number of aromatic carboxylic acids is 1. The molecule has 148 valence electrons. The molecule has 1 aliphatic carbocycles. The second kappa shape index (κ2) is 7.12. The van der Waals surface area contributed by atoms with Gasteiger partial charge in [0.1, 0.15) is 11.5 Å². The van der Waals surface area contributed by atoms with Crippen molar-refractivity contribution in [3.63, 3.8) is 0 Å². The third-order valence-corrected chi connectivity index (χ3v) is 6.54. The Morgan fingerprint density at radius 2 is 1.72 bits per heavy atom. The summed E-state index contributed by atoms with van der Waals surface area (Å²) < 4.78 is 19.2. The second-order valence-electron chi connectivity index (χ2n) is 7.23. The van der Waals surface area contributed by atoms with Gasteiger partial charge in [-0.3, -0.25) is 4.79 Å². The van der Waals surface area contributed by atoms with Crippen LogP contribution in [0.1, 0.15) is 35.7 Å². The zero-order chi connectivity index (χ0) is 20.8. The molecule has 1 aromatic heterocycles. The molecule has 29 heavy (non-hydrogen) atoms. The summed E-state index contributed by atoms with van der Waals surface area (Å²) in [5, 5.41) is 8.77. The summed E-state index contributed by atoms with van der Waals surface area (Å²) in [6.07, 6.45) is 1.78. The van der Waals surface area contributed by atoms with E-state index in [1.165, 1.54) is 0 Å². The van der Waals surface area contributed by atoms with E-state index in [1.54, 1.807) is 26.2 Å². The van der Waals surface area contributed by atoms with Gasteiger partial charge in [-0.25, -0.2) is 4.79 Å². The van der Waals surface area contributed by atoms with Gasteiger partial charge in [0.15, 0.2) is 5.13 Å². The van der Waals surface area contributed by atoms with Crippen molar-refractivity contribution >= 4 is 23.1 Å². The van der Waals surface area contributed by atoms with E-state index < -0.39 is 11.1 Å². The molecule has 4 rings (SSSR count). The van der Waals surface area contributed by atoms with Crippen molar-refractivity contribution in [2.24, 2.45) is 0 Å². The number of methoxy groups -OCH3 is 1. The average molecular weight is 410 g/mol. The normalized spacial score (nSPS) is 14.4. The number of carbonyl (C=O) groups excluding carboxylic acids is 1. The van der Waals surface area contributed by atoms with Crippen LogP contribution in [-0.4, -0.2) is 24.0 Å². The highest BCUT2D eigenvalue weighted by atomic mass is 32.1. The standard InChI is InChI=1S/C23H19FO4S/c1-13(25)23(9-10-23)16-6-3-14(4-7-16)17-8-5-15(11-19(17)28-2)21-18(22(26)27)12-20(24)29-21/h3-8,11-12H,9-10H2,1-2H3,(H,26,27). The molecule has 4 nitrogen and oxygen atoms in total. The topological polar surface area (TPSA) is 63.6 Å². The first-order chi connectivity index (χ1) is 13.9. The molecule has 0 unspecified atom stereocenters. The van der Waals surface area contributed by atoms with Crippen molar-refractivity contribution in [1.29, 1.82) is 0 Å². The van der Waals surface area contributed by atoms with Gasteiger partial charge >= 0.3 is 5.97 Å². The van der Waals surface area contributed by atoms with Crippen LogP contribution in [0, 0.1) is 5.13 Å². The number of hydrogen-bond acceptors (Lipinski definition) is 4. The van der Waals surface area contributed by atoms with Gasteiger partial charge in [0, 0.05) is 11.6 Å². The number of hydrogen-bond donors (Lipinski definition) is 1. The molecule has 0 bridgehead atoms. The summed E-state index contributed by atoms with van der Waals surface area (Å²) in [5.74, 6) is -0.407. The van der Waals surface area contributed by atoms with E-state index in [4.69, 9.17) is 4.74 Å². The van der Waals surface area contributed by atoms with Crippen LogP contribution in [0.3, 0.4) is 0 Å². The van der Waals surface area contributed by atoms with Gasteiger partial charge in [0.25, 0.3) is 0 Å². The van der Waals surface area contributed by atoms with Crippen LogP contribution in [0.4, 0.5) is 4.39 Å². The summed E-state index contributed by atoms with van der Waals surface area (Å²) in [4.78, 5) is 23.7. The summed E-state index contributed by atoms with van der Waals surface area (Å²) in [6, 6.07) is 14.2. The minimum Gasteiger partial charge on any atom is -0.496 e. The zero-order valence-corrected chi connectivity index (χ0v) is 16.8. The Morgan fingerprint density at radius 1 is 1.07 bits per heavy atom. The molecule has 2 aromatic carbocycles. The molecule has 1 fully saturated rings. The van der Waals surface area contributed by atoms with E-state index in [0.717, 1.165) is 46.9 Å². The zero-order valence-electron chi connectivity index (χ0n) is 16.0. The second-order valence-corrected chi connectivity index (χ2v) is 8.23. The van der Waals surface area contributed by atoms with E-state index in [1.807, 2.05) is 30.3 Å². The number of rotatable bonds is 6. The Labute approximate surface area is 171 Å². The molecule has 1 heterocycles. The monoisotopic (exact) mass is 410 g/mol. The number of carboxylic acids is 1. The van der Waals surface area contributed by atoms with Crippen molar-refractivity contribution in [3.05, 3.63) is 64.8 Å². The molecule has 1 aliphatic rings. The molecule has 1 saturated carbocycles. The summed E-state index contributed by atoms with van der Waals surface area (Å²) in [5.41, 5.74) is 3.00. The van der Waals surface area contributed by atoms with Crippen LogP contribution in [0.15, 0.2) is 48.5 Å². The number of carbonyl (C=O) groups is 2. The number of thiophene rings is 1. The maximum atomic E-state index is 13.7. The molecule has 3 aromatic rings. The Balaban J connectivity index is 1.71. The highest BCUT2D eigenvalue weighted by molar-refractivity contribution is 7.14.